The topological polar surface area (TPSA) is 63.3 Å². The first-order chi connectivity index (χ1) is 6.46. The van der Waals surface area contributed by atoms with E-state index in [1.165, 1.54) is 0 Å². The van der Waals surface area contributed by atoms with E-state index in [9.17, 15) is 4.79 Å². The fourth-order valence-electron chi connectivity index (χ4n) is 1.63. The molecule has 2 atom stereocenters. The van der Waals surface area contributed by atoms with E-state index < -0.39 is 18.4 Å². The molecule has 0 saturated heterocycles. The van der Waals surface area contributed by atoms with Gasteiger partial charge < -0.3 is 10.8 Å². The minimum absolute atomic E-state index is 0.0256. The average Bonchev–Trinajstić information content (AvgIpc) is 2.17. The van der Waals surface area contributed by atoms with E-state index >= 15 is 0 Å². The summed E-state index contributed by atoms with van der Waals surface area (Å²) in [5.41, 5.74) is 5.31. The fraction of sp³-hybridized carbons (Fsp3) is 0.889. The summed E-state index contributed by atoms with van der Waals surface area (Å²) < 4.78 is 15.1. The summed E-state index contributed by atoms with van der Waals surface area (Å²) in [5, 5.41) is 8.71. The Morgan fingerprint density at radius 1 is 1.67 bits per heavy atom. The maximum atomic E-state index is 10.7. The van der Waals surface area contributed by atoms with Crippen molar-refractivity contribution >= 4 is 5.97 Å². The van der Waals surface area contributed by atoms with E-state index in [4.69, 9.17) is 13.6 Å². The number of aliphatic carboxylic acids is 1. The van der Waals surface area contributed by atoms with Crippen LogP contribution >= 0.6 is 0 Å². The lowest BCUT2D eigenvalue weighted by Gasteiger charge is -2.22. The molecule has 1 rings (SSSR count). The number of carboxylic acids is 1. The SMILES string of the molecule is [2H]C(C1CCCCC1)C([2H])(N)C(=O)O. The van der Waals surface area contributed by atoms with Crippen molar-refractivity contribution in [1.82, 2.24) is 0 Å². The molecule has 3 heteroatoms. The molecule has 1 aliphatic rings. The molecule has 0 spiro atoms. The lowest BCUT2D eigenvalue weighted by Crippen LogP contribution is -2.32. The maximum Gasteiger partial charge on any atom is 0.320 e. The number of carboxylic acid groups (broad SMARTS) is 1. The molecule has 0 radical (unpaired) electrons. The molecule has 0 amide bonds. The quantitative estimate of drug-likeness (QED) is 0.677. The number of carbonyl (C=O) groups is 1. The molecule has 0 heterocycles. The molecular formula is C9H17NO2. The van der Waals surface area contributed by atoms with Gasteiger partial charge in [0.15, 0.2) is 0 Å². The van der Waals surface area contributed by atoms with E-state index in [1.807, 2.05) is 0 Å². The smallest absolute Gasteiger partial charge is 0.320 e. The molecule has 3 nitrogen and oxygen atoms in total. The van der Waals surface area contributed by atoms with E-state index in [0.717, 1.165) is 32.1 Å². The van der Waals surface area contributed by atoms with E-state index in [0.29, 0.717) is 0 Å². The standard InChI is InChI=1S/C9H17NO2/c10-8(9(11)12)6-7-4-2-1-3-5-7/h7-8H,1-6,10H2,(H,11,12)/i6D,8D. The van der Waals surface area contributed by atoms with Crippen molar-refractivity contribution in [2.45, 2.75) is 44.5 Å². The van der Waals surface area contributed by atoms with Crippen molar-refractivity contribution < 1.29 is 12.6 Å². The van der Waals surface area contributed by atoms with Crippen LogP contribution in [0, 0.1) is 5.92 Å². The highest BCUT2D eigenvalue weighted by atomic mass is 16.4. The largest absolute Gasteiger partial charge is 0.480 e. The van der Waals surface area contributed by atoms with Crippen LogP contribution in [0.3, 0.4) is 0 Å². The zero-order valence-electron chi connectivity index (χ0n) is 9.12. The predicted octanol–water partition coefficient (Wildman–Crippen LogP) is 1.37. The van der Waals surface area contributed by atoms with Gasteiger partial charge in [-0.1, -0.05) is 32.1 Å². The summed E-state index contributed by atoms with van der Waals surface area (Å²) in [5.74, 6) is -1.43. The van der Waals surface area contributed by atoms with Gasteiger partial charge in [0, 0.05) is 1.37 Å². The Balaban J connectivity index is 2.62. The molecule has 3 N–H and O–H groups in total. The zero-order valence-corrected chi connectivity index (χ0v) is 7.12. The summed E-state index contributed by atoms with van der Waals surface area (Å²) in [4.78, 5) is 10.7. The number of hydrogen-bond donors (Lipinski definition) is 2. The monoisotopic (exact) mass is 173 g/mol. The minimum Gasteiger partial charge on any atom is -0.480 e. The summed E-state index contributed by atoms with van der Waals surface area (Å²) in [6.07, 6.45) is 3.84. The molecular weight excluding hydrogens is 154 g/mol. The third-order valence-electron chi connectivity index (χ3n) is 2.31. The third-order valence-corrected chi connectivity index (χ3v) is 2.31. The van der Waals surface area contributed by atoms with Crippen LogP contribution in [0.15, 0.2) is 0 Å². The second-order valence-corrected chi connectivity index (χ2v) is 3.33. The molecule has 1 aliphatic carbocycles. The van der Waals surface area contributed by atoms with Crippen LogP contribution in [0.1, 0.15) is 41.2 Å². The first kappa shape index (κ1) is 6.89. The van der Waals surface area contributed by atoms with Crippen LogP contribution in [0.2, 0.25) is 0 Å². The minimum atomic E-state index is -2.15. The molecule has 0 aromatic rings. The van der Waals surface area contributed by atoms with Crippen molar-refractivity contribution in [3.8, 4) is 0 Å². The molecule has 2 unspecified atom stereocenters. The van der Waals surface area contributed by atoms with Crippen molar-refractivity contribution in [1.29, 1.82) is 0 Å². The number of nitrogens with two attached hydrogens (primary N) is 1. The molecule has 1 saturated carbocycles. The summed E-state index contributed by atoms with van der Waals surface area (Å²) in [7, 11) is 0. The van der Waals surface area contributed by atoms with Crippen LogP contribution in [0.25, 0.3) is 0 Å². The molecule has 70 valence electrons. The van der Waals surface area contributed by atoms with Crippen LogP contribution < -0.4 is 5.73 Å². The van der Waals surface area contributed by atoms with Crippen molar-refractivity contribution in [3.05, 3.63) is 0 Å². The number of hydrogen-bond acceptors (Lipinski definition) is 2. The van der Waals surface area contributed by atoms with Crippen LogP contribution in [-0.2, 0) is 4.79 Å². The van der Waals surface area contributed by atoms with Crippen molar-refractivity contribution in [2.75, 3.05) is 0 Å². The van der Waals surface area contributed by atoms with Gasteiger partial charge in [0.25, 0.3) is 0 Å². The van der Waals surface area contributed by atoms with Gasteiger partial charge in [-0.25, -0.2) is 0 Å². The molecule has 1 fully saturated rings. The fourth-order valence-corrected chi connectivity index (χ4v) is 1.63. The van der Waals surface area contributed by atoms with Gasteiger partial charge in [0.2, 0.25) is 0 Å². The van der Waals surface area contributed by atoms with Gasteiger partial charge in [-0.2, -0.15) is 0 Å². The highest BCUT2D eigenvalue weighted by Gasteiger charge is 2.20. The second kappa shape index (κ2) is 4.45. The van der Waals surface area contributed by atoms with Gasteiger partial charge in [-0.05, 0) is 12.3 Å². The molecule has 0 bridgehead atoms. The predicted molar refractivity (Wildman–Crippen MR) is 46.8 cm³/mol. The Morgan fingerprint density at radius 2 is 2.25 bits per heavy atom. The van der Waals surface area contributed by atoms with E-state index in [2.05, 4.69) is 0 Å². The van der Waals surface area contributed by atoms with Crippen LogP contribution in [0.5, 0.6) is 0 Å². The number of rotatable bonds is 3. The highest BCUT2D eigenvalue weighted by Crippen LogP contribution is 2.26. The van der Waals surface area contributed by atoms with Gasteiger partial charge >= 0.3 is 5.97 Å². The van der Waals surface area contributed by atoms with Crippen molar-refractivity contribution in [2.24, 2.45) is 11.7 Å². The average molecular weight is 173 g/mol. The Hall–Kier alpha value is -0.570. The summed E-state index contributed by atoms with van der Waals surface area (Å²) >= 11 is 0. The maximum absolute atomic E-state index is 10.7. The van der Waals surface area contributed by atoms with Crippen LogP contribution in [-0.4, -0.2) is 17.1 Å². The van der Waals surface area contributed by atoms with Crippen LogP contribution in [0.4, 0.5) is 0 Å². The van der Waals surface area contributed by atoms with Gasteiger partial charge in [-0.3, -0.25) is 4.79 Å². The van der Waals surface area contributed by atoms with Crippen molar-refractivity contribution in [3.63, 3.8) is 0 Å². The lowest BCUT2D eigenvalue weighted by atomic mass is 9.85. The van der Waals surface area contributed by atoms with Gasteiger partial charge in [0.05, 0.1) is 1.37 Å². The Labute approximate surface area is 75.8 Å². The van der Waals surface area contributed by atoms with E-state index in [1.54, 1.807) is 0 Å². The van der Waals surface area contributed by atoms with Gasteiger partial charge in [0.1, 0.15) is 6.02 Å². The first-order valence-corrected chi connectivity index (χ1v) is 4.40. The van der Waals surface area contributed by atoms with E-state index in [-0.39, 0.29) is 5.92 Å². The lowest BCUT2D eigenvalue weighted by molar-refractivity contribution is -0.139. The Bertz CT molecular complexity index is 215. The zero-order chi connectivity index (χ0) is 10.8. The first-order valence-electron chi connectivity index (χ1n) is 5.48. The Kier molecular flexibility index (Phi) is 2.56. The normalized spacial score (nSPS) is 29.8. The molecule has 0 aliphatic heterocycles. The summed E-state index contributed by atoms with van der Waals surface area (Å²) in [6.45, 7) is 0. The molecule has 0 aromatic heterocycles. The highest BCUT2D eigenvalue weighted by molar-refractivity contribution is 5.73. The second-order valence-electron chi connectivity index (χ2n) is 3.33. The Morgan fingerprint density at radius 3 is 2.75 bits per heavy atom. The van der Waals surface area contributed by atoms with Gasteiger partial charge in [-0.15, -0.1) is 0 Å². The third kappa shape index (κ3) is 2.81. The summed E-state index contributed by atoms with van der Waals surface area (Å²) in [6, 6.07) is -2.15. The molecule has 0 aromatic carbocycles. The molecule has 12 heavy (non-hydrogen) atoms.